The average Bonchev–Trinajstić information content (AvgIpc) is 3.01. The van der Waals surface area contributed by atoms with Gasteiger partial charge in [-0.25, -0.2) is 23.5 Å². The van der Waals surface area contributed by atoms with Gasteiger partial charge in [0.25, 0.3) is 0 Å². The molecule has 3 aliphatic rings. The largest absolute Gasteiger partial charge is 0.504 e. The van der Waals surface area contributed by atoms with E-state index in [1.54, 1.807) is 18.2 Å². The van der Waals surface area contributed by atoms with Crippen LogP contribution in [0.4, 0.5) is 0 Å². The molecule has 1 aromatic heterocycles. The maximum Gasteiger partial charge on any atom is 0.347 e. The van der Waals surface area contributed by atoms with Gasteiger partial charge in [-0.1, -0.05) is 22.0 Å². The number of ether oxygens (including phenoxy) is 1. The van der Waals surface area contributed by atoms with Gasteiger partial charge in [0.05, 0.1) is 24.2 Å². The lowest BCUT2D eigenvalue weighted by atomic mass is 9.68. The first kappa shape index (κ1) is 21.9. The summed E-state index contributed by atoms with van der Waals surface area (Å²) in [6.07, 6.45) is 3.09. The van der Waals surface area contributed by atoms with Crippen molar-refractivity contribution in [3.05, 3.63) is 76.5 Å². The standard InChI is InChI=1S/C22H17Br2N3O6/c1-25-21(31)26-4-3-10-14(27(26)22(25)32)7-12-18(15(28)8-13(24)19(12)29)17(10)11-5-9(23)6-16(33-2)20(11)30/h3,5-6,8,14,17,30H,4,7H2,1-2H3/t14-,17-/m1/s1. The van der Waals surface area contributed by atoms with E-state index in [0.29, 0.717) is 15.6 Å². The SMILES string of the molecule is COc1cc(Br)cc([C@H]2C3=CCn4c(=O)n(C)c(=O)n4[C@@H]3CC3=C2C(=O)C=C(Br)C3=O)c1O. The lowest BCUT2D eigenvalue weighted by Gasteiger charge is -2.39. The fourth-order valence-electron chi connectivity index (χ4n) is 4.91. The first-order valence-corrected chi connectivity index (χ1v) is 11.6. The van der Waals surface area contributed by atoms with E-state index in [1.807, 2.05) is 0 Å². The van der Waals surface area contributed by atoms with Gasteiger partial charge in [-0.15, -0.1) is 0 Å². The zero-order valence-electron chi connectivity index (χ0n) is 17.5. The van der Waals surface area contributed by atoms with E-state index in [1.165, 1.54) is 29.6 Å². The summed E-state index contributed by atoms with van der Waals surface area (Å²) in [6, 6.07) is 2.58. The van der Waals surface area contributed by atoms with Crippen molar-refractivity contribution in [3.63, 3.8) is 0 Å². The fraction of sp³-hybridized carbons (Fsp3) is 0.273. The third-order valence-corrected chi connectivity index (χ3v) is 7.44. The van der Waals surface area contributed by atoms with Crippen LogP contribution in [-0.4, -0.2) is 37.7 Å². The molecule has 0 bridgehead atoms. The van der Waals surface area contributed by atoms with Crippen LogP contribution in [0.1, 0.15) is 23.9 Å². The lowest BCUT2D eigenvalue weighted by molar-refractivity contribution is -0.115. The molecule has 0 saturated heterocycles. The molecular formula is C22H17Br2N3O6. The molecule has 9 nitrogen and oxygen atoms in total. The predicted molar refractivity (Wildman–Crippen MR) is 125 cm³/mol. The molecule has 0 fully saturated rings. The van der Waals surface area contributed by atoms with Crippen LogP contribution in [-0.2, 0) is 23.2 Å². The Hall–Kier alpha value is -2.92. The number of aromatic nitrogens is 3. The number of rotatable bonds is 2. The summed E-state index contributed by atoms with van der Waals surface area (Å²) >= 11 is 6.58. The highest BCUT2D eigenvalue weighted by molar-refractivity contribution is 9.12. The molecule has 33 heavy (non-hydrogen) atoms. The van der Waals surface area contributed by atoms with Crippen LogP contribution in [0.3, 0.4) is 0 Å². The molecule has 1 N–H and O–H groups in total. The van der Waals surface area contributed by atoms with Crippen LogP contribution < -0.4 is 16.1 Å². The molecule has 0 radical (unpaired) electrons. The van der Waals surface area contributed by atoms with Gasteiger partial charge in [0.2, 0.25) is 0 Å². The van der Waals surface area contributed by atoms with Gasteiger partial charge >= 0.3 is 11.4 Å². The Bertz CT molecular complexity index is 1490. The number of halogens is 2. The number of hydrogen-bond acceptors (Lipinski definition) is 6. The molecule has 0 unspecified atom stereocenters. The van der Waals surface area contributed by atoms with Crippen molar-refractivity contribution < 1.29 is 19.4 Å². The Balaban J connectivity index is 1.83. The summed E-state index contributed by atoms with van der Waals surface area (Å²) in [5.74, 6) is -1.51. The number of carbonyl (C=O) groups is 2. The number of methoxy groups -OCH3 is 1. The third-order valence-electron chi connectivity index (χ3n) is 6.39. The van der Waals surface area contributed by atoms with Crippen LogP contribution in [0.5, 0.6) is 11.5 Å². The minimum absolute atomic E-state index is 0.0699. The first-order valence-electron chi connectivity index (χ1n) is 9.99. The van der Waals surface area contributed by atoms with Crippen molar-refractivity contribution in [2.75, 3.05) is 7.11 Å². The Labute approximate surface area is 203 Å². The second-order valence-electron chi connectivity index (χ2n) is 8.03. The van der Waals surface area contributed by atoms with E-state index in [0.717, 1.165) is 4.57 Å². The number of nitrogens with zero attached hydrogens (tertiary/aromatic N) is 3. The predicted octanol–water partition coefficient (Wildman–Crippen LogP) is 2.22. The summed E-state index contributed by atoms with van der Waals surface area (Å²) in [4.78, 5) is 51.8. The monoisotopic (exact) mass is 577 g/mol. The number of phenolic OH excluding ortho intramolecular Hbond substituents is 1. The fourth-order valence-corrected chi connectivity index (χ4v) is 5.82. The number of ketones is 2. The molecule has 2 heterocycles. The summed E-state index contributed by atoms with van der Waals surface area (Å²) in [7, 11) is 2.81. The Morgan fingerprint density at radius 1 is 1.12 bits per heavy atom. The molecule has 0 spiro atoms. The van der Waals surface area contributed by atoms with Gasteiger partial charge in [-0.2, -0.15) is 0 Å². The molecular weight excluding hydrogens is 562 g/mol. The Kier molecular flexibility index (Phi) is 5.02. The molecule has 1 aromatic carbocycles. The number of allylic oxidation sites excluding steroid dienone is 6. The number of aromatic hydroxyl groups is 1. The summed E-state index contributed by atoms with van der Waals surface area (Å²) in [5, 5.41) is 11.0. The zero-order chi connectivity index (χ0) is 23.8. The molecule has 5 rings (SSSR count). The molecule has 2 aromatic rings. The first-order chi connectivity index (χ1) is 15.6. The van der Waals surface area contributed by atoms with Gasteiger partial charge in [0.1, 0.15) is 0 Å². The van der Waals surface area contributed by atoms with Crippen molar-refractivity contribution in [2.24, 2.45) is 7.05 Å². The average molecular weight is 579 g/mol. The van der Waals surface area contributed by atoms with Gasteiger partial charge in [0, 0.05) is 46.6 Å². The van der Waals surface area contributed by atoms with Crippen LogP contribution in [0.2, 0.25) is 0 Å². The number of fused-ring (bicyclic) bond motifs is 3. The highest BCUT2D eigenvalue weighted by Gasteiger charge is 2.45. The summed E-state index contributed by atoms with van der Waals surface area (Å²) in [5.41, 5.74) is 0.531. The van der Waals surface area contributed by atoms with Gasteiger partial charge < -0.3 is 9.84 Å². The van der Waals surface area contributed by atoms with Gasteiger partial charge in [-0.05, 0) is 33.6 Å². The van der Waals surface area contributed by atoms with Gasteiger partial charge in [0.15, 0.2) is 23.1 Å². The van der Waals surface area contributed by atoms with Crippen molar-refractivity contribution in [1.82, 2.24) is 13.9 Å². The molecule has 2 aliphatic carbocycles. The molecule has 1 aliphatic heterocycles. The Morgan fingerprint density at radius 2 is 1.85 bits per heavy atom. The van der Waals surface area contributed by atoms with E-state index >= 15 is 0 Å². The third kappa shape index (κ3) is 3.02. The van der Waals surface area contributed by atoms with Crippen molar-refractivity contribution in [2.45, 2.75) is 24.9 Å². The second-order valence-corrected chi connectivity index (χ2v) is 9.80. The lowest BCUT2D eigenvalue weighted by Crippen LogP contribution is -2.40. The maximum absolute atomic E-state index is 13.2. The highest BCUT2D eigenvalue weighted by atomic mass is 79.9. The van der Waals surface area contributed by atoms with Crippen LogP contribution in [0, 0.1) is 0 Å². The molecule has 0 saturated carbocycles. The number of carbonyl (C=O) groups excluding carboxylic acids is 2. The summed E-state index contributed by atoms with van der Waals surface area (Å²) in [6.45, 7) is 0.118. The van der Waals surface area contributed by atoms with E-state index in [-0.39, 0.29) is 51.7 Å². The van der Waals surface area contributed by atoms with Crippen LogP contribution in [0.15, 0.2) is 59.5 Å². The quantitative estimate of drug-likeness (QED) is 0.432. The second kappa shape index (κ2) is 7.56. The van der Waals surface area contributed by atoms with E-state index in [2.05, 4.69) is 31.9 Å². The molecule has 2 atom stereocenters. The molecule has 0 amide bonds. The molecule has 170 valence electrons. The van der Waals surface area contributed by atoms with E-state index < -0.39 is 23.3 Å². The van der Waals surface area contributed by atoms with E-state index in [9.17, 15) is 24.3 Å². The number of phenols is 1. The molecule has 11 heteroatoms. The minimum Gasteiger partial charge on any atom is -0.504 e. The topological polar surface area (TPSA) is 113 Å². The zero-order valence-corrected chi connectivity index (χ0v) is 20.6. The summed E-state index contributed by atoms with van der Waals surface area (Å²) < 4.78 is 9.70. The maximum atomic E-state index is 13.2. The van der Waals surface area contributed by atoms with E-state index in [4.69, 9.17) is 4.74 Å². The van der Waals surface area contributed by atoms with Gasteiger partial charge in [-0.3, -0.25) is 9.59 Å². The van der Waals surface area contributed by atoms with Crippen LogP contribution >= 0.6 is 31.9 Å². The highest BCUT2D eigenvalue weighted by Crippen LogP contribution is 2.53. The van der Waals surface area contributed by atoms with Crippen molar-refractivity contribution in [1.29, 1.82) is 0 Å². The minimum atomic E-state index is -0.811. The van der Waals surface area contributed by atoms with Crippen LogP contribution in [0.25, 0.3) is 0 Å². The number of hydrogen-bond donors (Lipinski definition) is 1. The van der Waals surface area contributed by atoms with Crippen molar-refractivity contribution >= 4 is 43.4 Å². The normalized spacial score (nSPS) is 21.8. The smallest absolute Gasteiger partial charge is 0.347 e. The number of benzene rings is 1. The van der Waals surface area contributed by atoms with Crippen molar-refractivity contribution in [3.8, 4) is 11.5 Å². The Morgan fingerprint density at radius 3 is 2.55 bits per heavy atom. The number of Topliss-reactive ketones (excluding diaryl/α,β-unsaturated/α-hetero) is 1.